The van der Waals surface area contributed by atoms with Crippen LogP contribution in [0.1, 0.15) is 44.9 Å². The lowest BCUT2D eigenvalue weighted by molar-refractivity contribution is 0.624. The second-order valence-corrected chi connectivity index (χ2v) is 6.36. The predicted octanol–water partition coefficient (Wildman–Crippen LogP) is 4.99. The topological polar surface area (TPSA) is 46.5 Å². The number of aryl methyl sites for hydroxylation is 2. The van der Waals surface area contributed by atoms with E-state index in [0.717, 1.165) is 29.2 Å². The number of unbranched alkanes of at least 4 members (excludes halogenated alkanes) is 4. The van der Waals surface area contributed by atoms with Crippen LogP contribution in [0.4, 0.5) is 0 Å². The lowest BCUT2D eigenvalue weighted by Crippen LogP contribution is -1.89. The summed E-state index contributed by atoms with van der Waals surface area (Å²) in [5.74, 6) is 1.09. The van der Waals surface area contributed by atoms with E-state index in [-0.39, 0.29) is 0 Å². The molecule has 3 rings (SSSR count). The first kappa shape index (κ1) is 16.5. The van der Waals surface area contributed by atoms with Gasteiger partial charge < -0.3 is 4.98 Å². The minimum Gasteiger partial charge on any atom is -0.342 e. The fraction of sp³-hybridized carbons (Fsp3) is 0.400. The van der Waals surface area contributed by atoms with Crippen molar-refractivity contribution in [1.82, 2.24) is 19.7 Å². The highest BCUT2D eigenvalue weighted by Crippen LogP contribution is 2.23. The number of hydrogen-bond acceptors (Lipinski definition) is 2. The predicted molar refractivity (Wildman–Crippen MR) is 98.7 cm³/mol. The third kappa shape index (κ3) is 4.13. The van der Waals surface area contributed by atoms with E-state index in [0.29, 0.717) is 0 Å². The zero-order valence-electron chi connectivity index (χ0n) is 14.6. The molecule has 0 aliphatic carbocycles. The summed E-state index contributed by atoms with van der Waals surface area (Å²) in [6, 6.07) is 10.5. The Morgan fingerprint density at radius 1 is 0.958 bits per heavy atom. The summed E-state index contributed by atoms with van der Waals surface area (Å²) in [6.45, 7) is 2.25. The molecule has 0 atom stereocenters. The minimum absolute atomic E-state index is 1.00. The smallest absolute Gasteiger partial charge is 0.106 e. The minimum atomic E-state index is 1.00. The summed E-state index contributed by atoms with van der Waals surface area (Å²) in [7, 11) is 1.94. The van der Waals surface area contributed by atoms with E-state index in [1.54, 1.807) is 0 Å². The highest BCUT2D eigenvalue weighted by atomic mass is 15.2. The molecule has 0 radical (unpaired) electrons. The van der Waals surface area contributed by atoms with Crippen molar-refractivity contribution >= 4 is 0 Å². The zero-order chi connectivity index (χ0) is 16.8. The average Bonchev–Trinajstić information content (AvgIpc) is 3.24. The molecule has 0 bridgehead atoms. The summed E-state index contributed by atoms with van der Waals surface area (Å²) in [5, 5.41) is 4.44. The van der Waals surface area contributed by atoms with Gasteiger partial charge in [0.25, 0.3) is 0 Å². The van der Waals surface area contributed by atoms with Gasteiger partial charge in [-0.25, -0.2) is 4.98 Å². The maximum atomic E-state index is 4.52. The van der Waals surface area contributed by atoms with E-state index in [1.807, 2.05) is 30.2 Å². The van der Waals surface area contributed by atoms with E-state index in [9.17, 15) is 0 Å². The molecular formula is C20H26N4. The standard InChI is InChI=1S/C20H26N4/c1-3-4-5-6-7-8-20-21-15-19(22-20)17-11-9-16(10-12-17)18-13-14-24(2)23-18/h9-15H,3-8H2,1-2H3,(H,21,22). The van der Waals surface area contributed by atoms with Gasteiger partial charge in [-0.2, -0.15) is 5.10 Å². The van der Waals surface area contributed by atoms with Crippen LogP contribution in [0.2, 0.25) is 0 Å². The Hall–Kier alpha value is -2.36. The summed E-state index contributed by atoms with van der Waals surface area (Å²) in [5.41, 5.74) is 4.39. The third-order valence-corrected chi connectivity index (χ3v) is 4.35. The molecule has 2 heterocycles. The highest BCUT2D eigenvalue weighted by Gasteiger charge is 2.05. The number of aromatic nitrogens is 4. The SMILES string of the molecule is CCCCCCCc1ncc(-c2ccc(-c3ccn(C)n3)cc2)[nH]1. The van der Waals surface area contributed by atoms with Gasteiger partial charge in [-0.1, -0.05) is 56.9 Å². The van der Waals surface area contributed by atoms with Crippen LogP contribution >= 0.6 is 0 Å². The molecule has 0 saturated carbocycles. The van der Waals surface area contributed by atoms with Crippen LogP contribution in [0.25, 0.3) is 22.5 Å². The highest BCUT2D eigenvalue weighted by molar-refractivity contribution is 5.66. The molecular weight excluding hydrogens is 296 g/mol. The van der Waals surface area contributed by atoms with Crippen LogP contribution in [0.15, 0.2) is 42.7 Å². The largest absolute Gasteiger partial charge is 0.342 e. The van der Waals surface area contributed by atoms with Gasteiger partial charge in [0.2, 0.25) is 0 Å². The van der Waals surface area contributed by atoms with Crippen molar-refractivity contribution in [2.75, 3.05) is 0 Å². The quantitative estimate of drug-likeness (QED) is 0.594. The normalized spacial score (nSPS) is 11.1. The van der Waals surface area contributed by atoms with Crippen molar-refractivity contribution in [3.05, 3.63) is 48.5 Å². The fourth-order valence-electron chi connectivity index (χ4n) is 2.92. The molecule has 0 fully saturated rings. The molecule has 0 aliphatic rings. The first-order valence-electron chi connectivity index (χ1n) is 8.90. The number of aromatic amines is 1. The van der Waals surface area contributed by atoms with Gasteiger partial charge in [0.15, 0.2) is 0 Å². The van der Waals surface area contributed by atoms with E-state index in [4.69, 9.17) is 0 Å². The van der Waals surface area contributed by atoms with Gasteiger partial charge in [0.05, 0.1) is 17.6 Å². The molecule has 1 aromatic carbocycles. The second-order valence-electron chi connectivity index (χ2n) is 6.36. The van der Waals surface area contributed by atoms with E-state index < -0.39 is 0 Å². The Morgan fingerprint density at radius 3 is 2.42 bits per heavy atom. The number of benzene rings is 1. The molecule has 3 aromatic rings. The summed E-state index contributed by atoms with van der Waals surface area (Å²) < 4.78 is 1.82. The van der Waals surface area contributed by atoms with Gasteiger partial charge in [-0.3, -0.25) is 4.68 Å². The molecule has 2 aromatic heterocycles. The van der Waals surface area contributed by atoms with Crippen LogP contribution < -0.4 is 0 Å². The molecule has 0 saturated heterocycles. The van der Waals surface area contributed by atoms with Crippen molar-refractivity contribution < 1.29 is 0 Å². The van der Waals surface area contributed by atoms with E-state index in [2.05, 4.69) is 46.3 Å². The molecule has 4 nitrogen and oxygen atoms in total. The summed E-state index contributed by atoms with van der Waals surface area (Å²) >= 11 is 0. The molecule has 4 heteroatoms. The Morgan fingerprint density at radius 2 is 1.71 bits per heavy atom. The third-order valence-electron chi connectivity index (χ3n) is 4.35. The molecule has 126 valence electrons. The number of H-pyrrole nitrogens is 1. The van der Waals surface area contributed by atoms with Crippen molar-refractivity contribution in [3.63, 3.8) is 0 Å². The Bertz CT molecular complexity index is 752. The Kier molecular flexibility index (Phi) is 5.47. The van der Waals surface area contributed by atoms with Gasteiger partial charge in [-0.05, 0) is 18.1 Å². The average molecular weight is 322 g/mol. The van der Waals surface area contributed by atoms with E-state index in [1.165, 1.54) is 37.7 Å². The van der Waals surface area contributed by atoms with Crippen molar-refractivity contribution in [1.29, 1.82) is 0 Å². The van der Waals surface area contributed by atoms with Crippen LogP contribution in [-0.2, 0) is 13.5 Å². The molecule has 0 aliphatic heterocycles. The second kappa shape index (κ2) is 7.95. The van der Waals surface area contributed by atoms with Crippen LogP contribution in [0.3, 0.4) is 0 Å². The van der Waals surface area contributed by atoms with Crippen molar-refractivity contribution in [2.45, 2.75) is 45.4 Å². The lowest BCUT2D eigenvalue weighted by atomic mass is 10.1. The molecule has 1 N–H and O–H groups in total. The van der Waals surface area contributed by atoms with Gasteiger partial charge in [0.1, 0.15) is 5.82 Å². The maximum absolute atomic E-state index is 4.52. The van der Waals surface area contributed by atoms with E-state index >= 15 is 0 Å². The number of nitrogens with one attached hydrogen (secondary N) is 1. The number of nitrogens with zero attached hydrogens (tertiary/aromatic N) is 3. The van der Waals surface area contributed by atoms with Crippen LogP contribution in [0, 0.1) is 0 Å². The maximum Gasteiger partial charge on any atom is 0.106 e. The van der Waals surface area contributed by atoms with Crippen molar-refractivity contribution in [3.8, 4) is 22.5 Å². The molecule has 24 heavy (non-hydrogen) atoms. The van der Waals surface area contributed by atoms with Crippen LogP contribution in [0.5, 0.6) is 0 Å². The van der Waals surface area contributed by atoms with Crippen LogP contribution in [-0.4, -0.2) is 19.7 Å². The monoisotopic (exact) mass is 322 g/mol. The van der Waals surface area contributed by atoms with Gasteiger partial charge >= 0.3 is 0 Å². The Balaban J connectivity index is 1.60. The Labute approximate surface area is 144 Å². The first-order valence-corrected chi connectivity index (χ1v) is 8.90. The number of hydrogen-bond donors (Lipinski definition) is 1. The van der Waals surface area contributed by atoms with Gasteiger partial charge in [-0.15, -0.1) is 0 Å². The zero-order valence-corrected chi connectivity index (χ0v) is 14.6. The number of rotatable bonds is 8. The molecule has 0 amide bonds. The molecule has 0 spiro atoms. The molecule has 0 unspecified atom stereocenters. The summed E-state index contributed by atoms with van der Waals surface area (Å²) in [6.07, 6.45) is 11.4. The van der Waals surface area contributed by atoms with Gasteiger partial charge in [0, 0.05) is 25.2 Å². The number of imidazole rings is 1. The first-order chi connectivity index (χ1) is 11.8. The lowest BCUT2D eigenvalue weighted by Gasteiger charge is -2.01. The van der Waals surface area contributed by atoms with Crippen molar-refractivity contribution in [2.24, 2.45) is 7.05 Å². The summed E-state index contributed by atoms with van der Waals surface area (Å²) in [4.78, 5) is 7.98. The fourth-order valence-corrected chi connectivity index (χ4v) is 2.92.